The second kappa shape index (κ2) is 3.06. The van der Waals surface area contributed by atoms with Gasteiger partial charge in [0.05, 0.1) is 0 Å². The first-order valence-corrected chi connectivity index (χ1v) is 3.86. The molecule has 0 aliphatic heterocycles. The van der Waals surface area contributed by atoms with Gasteiger partial charge >= 0.3 is 5.76 Å². The smallest absolute Gasteiger partial charge is 0.388 e. The predicted molar refractivity (Wildman–Crippen MR) is 46.4 cm³/mol. The van der Waals surface area contributed by atoms with E-state index in [1.807, 2.05) is 0 Å². The van der Waals surface area contributed by atoms with Gasteiger partial charge in [0.2, 0.25) is 5.89 Å². The van der Waals surface area contributed by atoms with Gasteiger partial charge in [0, 0.05) is 16.7 Å². The van der Waals surface area contributed by atoms with E-state index < -0.39 is 5.76 Å². The molecule has 2 rings (SSSR count). The molecule has 2 aromatic rings. The molecular formula is C8H4ClN2O2. The zero-order chi connectivity index (χ0) is 9.26. The van der Waals surface area contributed by atoms with E-state index >= 15 is 0 Å². The molecule has 0 aliphatic rings. The van der Waals surface area contributed by atoms with Gasteiger partial charge in [-0.05, 0) is 12.1 Å². The van der Waals surface area contributed by atoms with Crippen LogP contribution in [0.5, 0.6) is 0 Å². The van der Waals surface area contributed by atoms with Crippen molar-refractivity contribution in [1.82, 2.24) is 10.2 Å². The Labute approximate surface area is 78.2 Å². The van der Waals surface area contributed by atoms with E-state index in [-0.39, 0.29) is 5.89 Å². The molecule has 1 N–H and O–H groups in total. The van der Waals surface area contributed by atoms with Crippen molar-refractivity contribution in [3.63, 3.8) is 0 Å². The van der Waals surface area contributed by atoms with E-state index in [1.54, 1.807) is 18.2 Å². The van der Waals surface area contributed by atoms with E-state index in [0.717, 1.165) is 0 Å². The van der Waals surface area contributed by atoms with Crippen molar-refractivity contribution in [2.24, 2.45) is 0 Å². The number of aromatic nitrogens is 2. The number of H-pyrrole nitrogens is 1. The molecule has 0 bridgehead atoms. The molecule has 1 aromatic carbocycles. The van der Waals surface area contributed by atoms with E-state index in [0.29, 0.717) is 10.6 Å². The van der Waals surface area contributed by atoms with Gasteiger partial charge in [-0.25, -0.2) is 9.89 Å². The highest BCUT2D eigenvalue weighted by Gasteiger charge is 2.04. The first-order valence-electron chi connectivity index (χ1n) is 3.49. The number of rotatable bonds is 1. The van der Waals surface area contributed by atoms with Crippen LogP contribution in [0.15, 0.2) is 27.4 Å². The van der Waals surface area contributed by atoms with Crippen LogP contribution < -0.4 is 5.76 Å². The minimum Gasteiger partial charge on any atom is -0.388 e. The standard InChI is InChI=1S/C8H4ClN2O2/c9-6-3-1-2-5(4-6)7-10-11-8(12)13-7/h1-2,4H,(H,11,12). The molecule has 0 saturated carbocycles. The third kappa shape index (κ3) is 1.62. The molecule has 5 heteroatoms. The van der Waals surface area contributed by atoms with Crippen molar-refractivity contribution in [1.29, 1.82) is 0 Å². The second-order valence-corrected chi connectivity index (χ2v) is 2.75. The van der Waals surface area contributed by atoms with Crippen LogP contribution in [0.1, 0.15) is 0 Å². The molecule has 0 atom stereocenters. The summed E-state index contributed by atoms with van der Waals surface area (Å²) in [5, 5.41) is 6.26. The summed E-state index contributed by atoms with van der Waals surface area (Å²) >= 11 is 5.69. The highest BCUT2D eigenvalue weighted by atomic mass is 35.5. The molecule has 0 saturated heterocycles. The van der Waals surface area contributed by atoms with Crippen molar-refractivity contribution in [2.75, 3.05) is 0 Å². The molecule has 0 unspecified atom stereocenters. The van der Waals surface area contributed by atoms with E-state index in [2.05, 4.69) is 16.3 Å². The zero-order valence-electron chi connectivity index (χ0n) is 6.37. The average Bonchev–Trinajstić information content (AvgIpc) is 2.52. The molecule has 13 heavy (non-hydrogen) atoms. The summed E-state index contributed by atoms with van der Waals surface area (Å²) in [6, 6.07) is 7.70. The summed E-state index contributed by atoms with van der Waals surface area (Å²) in [4.78, 5) is 10.6. The molecular weight excluding hydrogens is 192 g/mol. The van der Waals surface area contributed by atoms with Crippen LogP contribution in [-0.2, 0) is 0 Å². The highest BCUT2D eigenvalue weighted by Crippen LogP contribution is 2.18. The number of aromatic amines is 1. The molecule has 65 valence electrons. The lowest BCUT2D eigenvalue weighted by molar-refractivity contribution is 0.527. The highest BCUT2D eigenvalue weighted by molar-refractivity contribution is 6.30. The lowest BCUT2D eigenvalue weighted by atomic mass is 10.2. The Balaban J connectivity index is 2.52. The first-order chi connectivity index (χ1) is 6.25. The van der Waals surface area contributed by atoms with E-state index in [4.69, 9.17) is 16.0 Å². The number of nitrogens with one attached hydrogen (secondary N) is 1. The van der Waals surface area contributed by atoms with Crippen LogP contribution in [0.4, 0.5) is 0 Å². The lowest BCUT2D eigenvalue weighted by Crippen LogP contribution is -1.93. The average molecular weight is 196 g/mol. The molecule has 0 aliphatic carbocycles. The number of nitrogens with zero attached hydrogens (tertiary/aromatic N) is 1. The van der Waals surface area contributed by atoms with Crippen LogP contribution >= 0.6 is 11.6 Å². The molecule has 1 heterocycles. The Bertz CT molecular complexity index is 475. The normalized spacial score (nSPS) is 10.2. The number of benzene rings is 1. The van der Waals surface area contributed by atoms with Crippen molar-refractivity contribution >= 4 is 11.6 Å². The third-order valence-corrected chi connectivity index (χ3v) is 1.67. The van der Waals surface area contributed by atoms with Gasteiger partial charge in [-0.2, -0.15) is 0 Å². The number of hydrogen-bond acceptors (Lipinski definition) is 3. The summed E-state index contributed by atoms with van der Waals surface area (Å²) in [6.45, 7) is 0. The molecule has 0 fully saturated rings. The quantitative estimate of drug-likeness (QED) is 0.750. The minimum absolute atomic E-state index is 0.223. The molecule has 0 spiro atoms. The molecule has 1 aromatic heterocycles. The Kier molecular flexibility index (Phi) is 1.90. The second-order valence-electron chi connectivity index (χ2n) is 2.34. The van der Waals surface area contributed by atoms with Crippen molar-refractivity contribution in [2.45, 2.75) is 0 Å². The van der Waals surface area contributed by atoms with Gasteiger partial charge in [0.15, 0.2) is 0 Å². The fourth-order valence-electron chi connectivity index (χ4n) is 0.924. The van der Waals surface area contributed by atoms with Gasteiger partial charge < -0.3 is 4.42 Å². The summed E-state index contributed by atoms with van der Waals surface area (Å²) in [7, 11) is 0. The number of halogens is 1. The van der Waals surface area contributed by atoms with Crippen molar-refractivity contribution in [3.8, 4) is 11.5 Å². The summed E-state index contributed by atoms with van der Waals surface area (Å²) in [6.07, 6.45) is 0. The molecule has 1 radical (unpaired) electrons. The van der Waals surface area contributed by atoms with Gasteiger partial charge in [0.25, 0.3) is 0 Å². The topological polar surface area (TPSA) is 58.9 Å². The van der Waals surface area contributed by atoms with Crippen LogP contribution in [0.2, 0.25) is 5.02 Å². The third-order valence-electron chi connectivity index (χ3n) is 1.45. The summed E-state index contributed by atoms with van der Waals surface area (Å²) < 4.78 is 4.73. The monoisotopic (exact) mass is 195 g/mol. The fraction of sp³-hybridized carbons (Fsp3) is 0. The largest absolute Gasteiger partial charge is 0.434 e. The SMILES string of the molecule is O=c1[nH]nc(-c2cc[c]c(Cl)c2)o1. The minimum atomic E-state index is -0.584. The Morgan fingerprint density at radius 1 is 1.62 bits per heavy atom. The van der Waals surface area contributed by atoms with Gasteiger partial charge in [-0.15, -0.1) is 5.10 Å². The molecule has 0 amide bonds. The zero-order valence-corrected chi connectivity index (χ0v) is 7.13. The molecule has 4 nitrogen and oxygen atoms in total. The van der Waals surface area contributed by atoms with Gasteiger partial charge in [-0.3, -0.25) is 0 Å². The maximum Gasteiger partial charge on any atom is 0.434 e. The predicted octanol–water partition coefficient (Wildman–Crippen LogP) is 1.48. The van der Waals surface area contributed by atoms with Crippen LogP contribution in [0.25, 0.3) is 11.5 Å². The first kappa shape index (κ1) is 8.07. The van der Waals surface area contributed by atoms with E-state index in [9.17, 15) is 4.79 Å². The van der Waals surface area contributed by atoms with Crippen LogP contribution in [-0.4, -0.2) is 10.2 Å². The Morgan fingerprint density at radius 3 is 3.08 bits per heavy atom. The lowest BCUT2D eigenvalue weighted by Gasteiger charge is -1.92. The van der Waals surface area contributed by atoms with Gasteiger partial charge in [-0.1, -0.05) is 17.7 Å². The fourth-order valence-corrected chi connectivity index (χ4v) is 1.10. The van der Waals surface area contributed by atoms with Gasteiger partial charge in [0.1, 0.15) is 0 Å². The Morgan fingerprint density at radius 2 is 2.46 bits per heavy atom. The van der Waals surface area contributed by atoms with Crippen LogP contribution in [0.3, 0.4) is 0 Å². The maximum atomic E-state index is 10.6. The summed E-state index contributed by atoms with van der Waals surface area (Å²) in [5.74, 6) is -0.361. The van der Waals surface area contributed by atoms with Crippen molar-refractivity contribution < 1.29 is 4.42 Å². The van der Waals surface area contributed by atoms with Crippen molar-refractivity contribution in [3.05, 3.63) is 39.8 Å². The Hall–Kier alpha value is -1.55. The van der Waals surface area contributed by atoms with E-state index in [1.165, 1.54) is 0 Å². The summed E-state index contributed by atoms with van der Waals surface area (Å²) in [5.41, 5.74) is 0.641. The maximum absolute atomic E-state index is 10.6. The van der Waals surface area contributed by atoms with Crippen LogP contribution in [0, 0.1) is 6.07 Å². The number of hydrogen-bond donors (Lipinski definition) is 1.